The number of aliphatic hydroxyl groups excluding tert-OH is 1. The number of nitrogens with zero attached hydrogens (tertiary/aromatic N) is 5. The highest BCUT2D eigenvalue weighted by Gasteiger charge is 2.44. The molecule has 43 heavy (non-hydrogen) atoms. The van der Waals surface area contributed by atoms with Gasteiger partial charge in [0.25, 0.3) is 5.89 Å². The van der Waals surface area contributed by atoms with Crippen molar-refractivity contribution in [3.8, 4) is 11.5 Å². The molecule has 222 valence electrons. The lowest BCUT2D eigenvalue weighted by Gasteiger charge is -2.46. The Morgan fingerprint density at radius 2 is 1.77 bits per heavy atom. The number of benzene rings is 1. The van der Waals surface area contributed by atoms with Gasteiger partial charge in [0.15, 0.2) is 5.82 Å². The predicted octanol–water partition coefficient (Wildman–Crippen LogP) is 4.64. The van der Waals surface area contributed by atoms with Gasteiger partial charge in [-0.1, -0.05) is 35.5 Å². The van der Waals surface area contributed by atoms with E-state index in [1.165, 1.54) is 0 Å². The molecule has 3 aromatic heterocycles. The van der Waals surface area contributed by atoms with Gasteiger partial charge in [-0.15, -0.1) is 0 Å². The van der Waals surface area contributed by atoms with Gasteiger partial charge >= 0.3 is 5.97 Å². The summed E-state index contributed by atoms with van der Waals surface area (Å²) in [5.41, 5.74) is 2.74. The van der Waals surface area contributed by atoms with E-state index >= 15 is 0 Å². The van der Waals surface area contributed by atoms with Crippen LogP contribution in [0.4, 0.5) is 17.3 Å². The first kappa shape index (κ1) is 27.5. The van der Waals surface area contributed by atoms with E-state index in [4.69, 9.17) is 19.2 Å². The van der Waals surface area contributed by atoms with Gasteiger partial charge in [0, 0.05) is 24.1 Å². The van der Waals surface area contributed by atoms with Crippen LogP contribution in [0, 0.1) is 0 Å². The van der Waals surface area contributed by atoms with Gasteiger partial charge in [-0.3, -0.25) is 0 Å². The van der Waals surface area contributed by atoms with Gasteiger partial charge in [0.05, 0.1) is 35.2 Å². The van der Waals surface area contributed by atoms with Crippen molar-refractivity contribution in [3.05, 3.63) is 77.4 Å². The minimum atomic E-state index is -0.624. The van der Waals surface area contributed by atoms with Crippen LogP contribution in [0.1, 0.15) is 66.6 Å². The Labute approximate surface area is 249 Å². The first-order chi connectivity index (χ1) is 20.8. The molecule has 0 radical (unpaired) electrons. The number of carbonyl (C=O) groups is 1. The monoisotopic (exact) mass is 581 g/mol. The van der Waals surface area contributed by atoms with Crippen LogP contribution in [-0.4, -0.2) is 67.9 Å². The van der Waals surface area contributed by atoms with Crippen LogP contribution in [0.25, 0.3) is 11.5 Å². The molecule has 0 aliphatic carbocycles. The highest BCUT2D eigenvalue weighted by Crippen LogP contribution is 2.42. The molecular formula is C32H35N7O4. The number of fused-ring (bicyclic) bond motifs is 4. The number of ether oxygens (including phenoxy) is 1. The fourth-order valence-corrected chi connectivity index (χ4v) is 6.40. The fourth-order valence-electron chi connectivity index (χ4n) is 6.40. The molecule has 11 nitrogen and oxygen atoms in total. The van der Waals surface area contributed by atoms with Crippen LogP contribution in [0.15, 0.2) is 59.3 Å². The molecule has 0 saturated carbocycles. The van der Waals surface area contributed by atoms with Crippen molar-refractivity contribution in [1.29, 1.82) is 0 Å². The summed E-state index contributed by atoms with van der Waals surface area (Å²) in [6.07, 6.45) is 5.29. The van der Waals surface area contributed by atoms with Crippen LogP contribution in [0.5, 0.6) is 0 Å². The second-order valence-corrected chi connectivity index (χ2v) is 12.3. The molecule has 11 heteroatoms. The Morgan fingerprint density at radius 1 is 1.00 bits per heavy atom. The Hall–Kier alpha value is -4.35. The number of esters is 1. The number of hydrogen-bond donors (Lipinski definition) is 3. The maximum Gasteiger partial charge on any atom is 0.340 e. The highest BCUT2D eigenvalue weighted by atomic mass is 16.6. The average Bonchev–Trinajstić information content (AvgIpc) is 3.52. The third-order valence-electron chi connectivity index (χ3n) is 8.88. The molecule has 4 aliphatic rings. The molecule has 7 heterocycles. The number of rotatable bonds is 8. The second kappa shape index (κ2) is 10.7. The molecule has 3 N–H and O–H groups in total. The summed E-state index contributed by atoms with van der Waals surface area (Å²) < 4.78 is 11.4. The van der Waals surface area contributed by atoms with Gasteiger partial charge in [-0.25, -0.2) is 14.8 Å². The minimum Gasteiger partial charge on any atom is -0.456 e. The summed E-state index contributed by atoms with van der Waals surface area (Å²) >= 11 is 0. The Bertz CT molecular complexity index is 1630. The van der Waals surface area contributed by atoms with Gasteiger partial charge in [-0.2, -0.15) is 4.98 Å². The molecule has 0 amide bonds. The van der Waals surface area contributed by atoms with E-state index in [0.717, 1.165) is 50.3 Å². The molecular weight excluding hydrogens is 546 g/mol. The van der Waals surface area contributed by atoms with E-state index < -0.39 is 5.60 Å². The van der Waals surface area contributed by atoms with Gasteiger partial charge in [0.2, 0.25) is 0 Å². The molecule has 0 spiro atoms. The number of aromatic nitrogens is 4. The van der Waals surface area contributed by atoms with Crippen LogP contribution in [0.2, 0.25) is 0 Å². The molecule has 1 aromatic carbocycles. The van der Waals surface area contributed by atoms with E-state index in [2.05, 4.69) is 25.7 Å². The van der Waals surface area contributed by atoms with Crippen molar-refractivity contribution in [2.75, 3.05) is 36.9 Å². The number of carbonyl (C=O) groups excluding carboxylic acids is 1. The lowest BCUT2D eigenvalue weighted by atomic mass is 9.71. The van der Waals surface area contributed by atoms with Crippen molar-refractivity contribution >= 4 is 23.3 Å². The number of nitrogens with one attached hydrogen (secondary N) is 2. The number of cyclic esters (lactones) is 1. The molecule has 3 saturated heterocycles. The molecule has 0 unspecified atom stereocenters. The van der Waals surface area contributed by atoms with E-state index in [0.29, 0.717) is 46.5 Å². The quantitative estimate of drug-likeness (QED) is 0.251. The van der Waals surface area contributed by atoms with E-state index in [1.807, 2.05) is 50.2 Å². The molecule has 2 bridgehead atoms. The Kier molecular flexibility index (Phi) is 6.86. The third-order valence-corrected chi connectivity index (χ3v) is 8.88. The normalized spacial score (nSPS) is 22.9. The second-order valence-electron chi connectivity index (χ2n) is 12.3. The minimum absolute atomic E-state index is 0.0458. The summed E-state index contributed by atoms with van der Waals surface area (Å²) in [5.74, 6) is 1.86. The Balaban J connectivity index is 1.22. The first-order valence-corrected chi connectivity index (χ1v) is 14.8. The fraction of sp³-hybridized carbons (Fsp3) is 0.406. The number of anilines is 3. The summed E-state index contributed by atoms with van der Waals surface area (Å²) in [4.78, 5) is 29.2. The summed E-state index contributed by atoms with van der Waals surface area (Å²) in [5, 5.41) is 21.5. The van der Waals surface area contributed by atoms with Crippen LogP contribution in [-0.2, 0) is 16.6 Å². The van der Waals surface area contributed by atoms with Crippen molar-refractivity contribution in [3.63, 3.8) is 0 Å². The lowest BCUT2D eigenvalue weighted by Crippen LogP contribution is -2.51. The molecule has 1 atom stereocenters. The van der Waals surface area contributed by atoms with Crippen LogP contribution >= 0.6 is 0 Å². The molecule has 3 fully saturated rings. The van der Waals surface area contributed by atoms with Gasteiger partial charge < -0.3 is 29.9 Å². The largest absolute Gasteiger partial charge is 0.456 e. The third kappa shape index (κ3) is 5.34. The van der Waals surface area contributed by atoms with Gasteiger partial charge in [0.1, 0.15) is 17.2 Å². The SMILES string of the molecule is CC1(C)Cc2nc(Nc3cc(N[C@H](CO)c4ccccc4)c(-c4nc(C56CCN(CC5)CC6)no4)cn3)ccc2C(=O)O1. The predicted molar refractivity (Wildman–Crippen MR) is 160 cm³/mol. The Morgan fingerprint density at radius 3 is 2.51 bits per heavy atom. The van der Waals surface area contributed by atoms with Crippen molar-refractivity contribution < 1.29 is 19.2 Å². The smallest absolute Gasteiger partial charge is 0.340 e. The van der Waals surface area contributed by atoms with Crippen LogP contribution in [0.3, 0.4) is 0 Å². The number of aliphatic hydroxyl groups is 1. The molecule has 8 rings (SSSR count). The van der Waals surface area contributed by atoms with E-state index in [-0.39, 0.29) is 24.0 Å². The number of hydrogen-bond acceptors (Lipinski definition) is 11. The highest BCUT2D eigenvalue weighted by molar-refractivity contribution is 5.92. The van der Waals surface area contributed by atoms with Gasteiger partial charge in [-0.05, 0) is 70.4 Å². The molecule has 4 aliphatic heterocycles. The zero-order valence-electron chi connectivity index (χ0n) is 24.3. The summed E-state index contributed by atoms with van der Waals surface area (Å²) in [6, 6.07) is 14.7. The van der Waals surface area contributed by atoms with E-state index in [9.17, 15) is 9.90 Å². The van der Waals surface area contributed by atoms with Crippen molar-refractivity contribution in [2.24, 2.45) is 0 Å². The maximum atomic E-state index is 12.4. The lowest BCUT2D eigenvalue weighted by molar-refractivity contribution is -0.00714. The first-order valence-electron chi connectivity index (χ1n) is 14.8. The summed E-state index contributed by atoms with van der Waals surface area (Å²) in [7, 11) is 0. The standard InChI is InChI=1S/C32H35N7O4/c1-31(2)17-24-21(29(41)42-31)8-9-26(35-24)36-27-16-23(34-25(19-40)20-6-4-3-5-7-20)22(18-33-27)28-37-30(38-43-28)32-10-13-39(14-11-32)15-12-32/h3-9,16,18,25,40H,10-15,17,19H2,1-2H3,(H2,33,34,35,36)/t25-/m1/s1. The topological polar surface area (TPSA) is 139 Å². The van der Waals surface area contributed by atoms with Crippen LogP contribution < -0.4 is 10.6 Å². The number of piperidine rings is 3. The number of pyridine rings is 2. The van der Waals surface area contributed by atoms with Crippen molar-refractivity contribution in [1.82, 2.24) is 25.0 Å². The molecule has 4 aromatic rings. The average molecular weight is 582 g/mol. The maximum absolute atomic E-state index is 12.4. The van der Waals surface area contributed by atoms with Crippen molar-refractivity contribution in [2.45, 2.75) is 56.6 Å². The zero-order valence-corrected chi connectivity index (χ0v) is 24.3. The zero-order chi connectivity index (χ0) is 29.6. The summed E-state index contributed by atoms with van der Waals surface area (Å²) in [6.45, 7) is 6.80. The van der Waals surface area contributed by atoms with E-state index in [1.54, 1.807) is 18.3 Å².